The number of aromatic nitrogens is 2. The average Bonchev–Trinajstić information content (AvgIpc) is 2.83. The molecule has 0 saturated carbocycles. The number of pyridine rings is 1. The molecule has 0 radical (unpaired) electrons. The quantitative estimate of drug-likeness (QED) is 0.817. The smallest absolute Gasteiger partial charge is 0.144 e. The van der Waals surface area contributed by atoms with Crippen LogP contribution in [0.1, 0.15) is 24.6 Å². The molecule has 1 unspecified atom stereocenters. The van der Waals surface area contributed by atoms with Gasteiger partial charge in [-0.3, -0.25) is 0 Å². The molecule has 3 heterocycles. The van der Waals surface area contributed by atoms with Crippen LogP contribution in [-0.2, 0) is 0 Å². The third kappa shape index (κ3) is 1.90. The molecule has 90 valence electrons. The molecule has 1 atom stereocenters. The standard InChI is InChI=1S/C13H16N2OS/c1-16-12-5-2-6-15-11(12)8-14-13(15)10-4-3-7-17-9-10/h2,5-6,8,10H,3-4,7,9H2,1H3. The Morgan fingerprint density at radius 1 is 1.53 bits per heavy atom. The van der Waals surface area contributed by atoms with Gasteiger partial charge in [-0.1, -0.05) is 0 Å². The van der Waals surface area contributed by atoms with Crippen LogP contribution in [0.15, 0.2) is 24.5 Å². The highest BCUT2D eigenvalue weighted by Crippen LogP contribution is 2.32. The molecule has 0 aromatic carbocycles. The van der Waals surface area contributed by atoms with Crippen LogP contribution in [0.4, 0.5) is 0 Å². The number of ether oxygens (including phenoxy) is 1. The maximum atomic E-state index is 5.36. The van der Waals surface area contributed by atoms with E-state index in [4.69, 9.17) is 4.74 Å². The molecule has 1 aliphatic heterocycles. The summed E-state index contributed by atoms with van der Waals surface area (Å²) in [5.74, 6) is 5.16. The van der Waals surface area contributed by atoms with Gasteiger partial charge in [-0.15, -0.1) is 0 Å². The fourth-order valence-corrected chi connectivity index (χ4v) is 3.57. The predicted octanol–water partition coefficient (Wildman–Crippen LogP) is 2.95. The first kappa shape index (κ1) is 11.0. The van der Waals surface area contributed by atoms with Crippen molar-refractivity contribution in [3.05, 3.63) is 30.4 Å². The fourth-order valence-electron chi connectivity index (χ4n) is 2.44. The van der Waals surface area contributed by atoms with E-state index in [-0.39, 0.29) is 0 Å². The molecule has 17 heavy (non-hydrogen) atoms. The van der Waals surface area contributed by atoms with Crippen LogP contribution in [0.5, 0.6) is 5.75 Å². The number of methoxy groups -OCH3 is 1. The highest BCUT2D eigenvalue weighted by Gasteiger charge is 2.20. The third-order valence-electron chi connectivity index (χ3n) is 3.31. The van der Waals surface area contributed by atoms with Gasteiger partial charge < -0.3 is 9.14 Å². The van der Waals surface area contributed by atoms with Crippen molar-refractivity contribution in [3.8, 4) is 5.75 Å². The van der Waals surface area contributed by atoms with Crippen LogP contribution in [-0.4, -0.2) is 28.0 Å². The molecule has 3 nitrogen and oxygen atoms in total. The van der Waals surface area contributed by atoms with Crippen LogP contribution >= 0.6 is 11.8 Å². The van der Waals surface area contributed by atoms with Gasteiger partial charge >= 0.3 is 0 Å². The minimum absolute atomic E-state index is 0.586. The third-order valence-corrected chi connectivity index (χ3v) is 4.52. The predicted molar refractivity (Wildman–Crippen MR) is 71.0 cm³/mol. The lowest BCUT2D eigenvalue weighted by Gasteiger charge is -2.20. The second-order valence-electron chi connectivity index (χ2n) is 4.36. The van der Waals surface area contributed by atoms with Gasteiger partial charge in [0.05, 0.1) is 13.3 Å². The lowest BCUT2D eigenvalue weighted by atomic mass is 10.1. The lowest BCUT2D eigenvalue weighted by molar-refractivity contribution is 0.417. The molecule has 2 aromatic rings. The van der Waals surface area contributed by atoms with E-state index in [9.17, 15) is 0 Å². The molecule has 0 spiro atoms. The van der Waals surface area contributed by atoms with Crippen molar-refractivity contribution >= 4 is 17.3 Å². The lowest BCUT2D eigenvalue weighted by Crippen LogP contribution is -2.12. The van der Waals surface area contributed by atoms with Crippen LogP contribution in [0, 0.1) is 0 Å². The van der Waals surface area contributed by atoms with Gasteiger partial charge in [-0.25, -0.2) is 4.98 Å². The van der Waals surface area contributed by atoms with Crippen molar-refractivity contribution in [2.45, 2.75) is 18.8 Å². The zero-order valence-corrected chi connectivity index (χ0v) is 10.7. The van der Waals surface area contributed by atoms with Gasteiger partial charge in [0.2, 0.25) is 0 Å². The van der Waals surface area contributed by atoms with Gasteiger partial charge in [0.1, 0.15) is 17.1 Å². The molecule has 0 bridgehead atoms. The van der Waals surface area contributed by atoms with Crippen molar-refractivity contribution in [3.63, 3.8) is 0 Å². The summed E-state index contributed by atoms with van der Waals surface area (Å²) >= 11 is 2.04. The normalized spacial score (nSPS) is 20.6. The van der Waals surface area contributed by atoms with E-state index >= 15 is 0 Å². The summed E-state index contributed by atoms with van der Waals surface area (Å²) in [6.07, 6.45) is 6.56. The SMILES string of the molecule is COc1cccn2c(C3CCCSC3)ncc12. The number of imidazole rings is 1. The molecule has 3 rings (SSSR count). The zero-order valence-electron chi connectivity index (χ0n) is 9.93. The van der Waals surface area contributed by atoms with Crippen LogP contribution in [0.25, 0.3) is 5.52 Å². The van der Waals surface area contributed by atoms with E-state index in [1.807, 2.05) is 30.1 Å². The Balaban J connectivity index is 2.05. The second kappa shape index (κ2) is 4.61. The van der Waals surface area contributed by atoms with E-state index in [1.54, 1.807) is 7.11 Å². The fraction of sp³-hybridized carbons (Fsp3) is 0.462. The van der Waals surface area contributed by atoms with E-state index in [0.29, 0.717) is 5.92 Å². The van der Waals surface area contributed by atoms with Gasteiger partial charge in [-0.05, 0) is 30.7 Å². The Hall–Kier alpha value is -1.16. The summed E-state index contributed by atoms with van der Waals surface area (Å²) in [5.41, 5.74) is 1.07. The monoisotopic (exact) mass is 248 g/mol. The zero-order chi connectivity index (χ0) is 11.7. The number of rotatable bonds is 2. The molecule has 4 heteroatoms. The van der Waals surface area contributed by atoms with Crippen molar-refractivity contribution in [2.24, 2.45) is 0 Å². The van der Waals surface area contributed by atoms with Gasteiger partial charge in [0.15, 0.2) is 0 Å². The maximum absolute atomic E-state index is 5.36. The largest absolute Gasteiger partial charge is 0.494 e. The Kier molecular flexibility index (Phi) is 2.97. The van der Waals surface area contributed by atoms with E-state index in [0.717, 1.165) is 11.3 Å². The minimum Gasteiger partial charge on any atom is -0.494 e. The topological polar surface area (TPSA) is 26.5 Å². The molecule has 1 fully saturated rings. The number of fused-ring (bicyclic) bond motifs is 1. The van der Waals surface area contributed by atoms with E-state index < -0.39 is 0 Å². The molecule has 0 aliphatic carbocycles. The maximum Gasteiger partial charge on any atom is 0.144 e. The average molecular weight is 248 g/mol. The number of nitrogens with zero attached hydrogens (tertiary/aromatic N) is 2. The van der Waals surface area contributed by atoms with Gasteiger partial charge in [-0.2, -0.15) is 11.8 Å². The molecule has 0 amide bonds. The highest BCUT2D eigenvalue weighted by molar-refractivity contribution is 7.99. The minimum atomic E-state index is 0.586. The molecule has 1 aliphatic rings. The van der Waals surface area contributed by atoms with Crippen molar-refractivity contribution < 1.29 is 4.74 Å². The molecular formula is C13H16N2OS. The van der Waals surface area contributed by atoms with Crippen molar-refractivity contribution in [1.29, 1.82) is 0 Å². The number of hydrogen-bond acceptors (Lipinski definition) is 3. The van der Waals surface area contributed by atoms with Crippen LogP contribution in [0.3, 0.4) is 0 Å². The summed E-state index contributed by atoms with van der Waals surface area (Å²) in [7, 11) is 1.71. The Morgan fingerprint density at radius 2 is 2.47 bits per heavy atom. The second-order valence-corrected chi connectivity index (χ2v) is 5.51. The Bertz CT molecular complexity index is 517. The molecule has 1 saturated heterocycles. The summed E-state index contributed by atoms with van der Waals surface area (Å²) < 4.78 is 7.54. The number of thioether (sulfide) groups is 1. The Morgan fingerprint density at radius 3 is 3.24 bits per heavy atom. The summed E-state index contributed by atoms with van der Waals surface area (Å²) in [4.78, 5) is 4.60. The van der Waals surface area contributed by atoms with Crippen molar-refractivity contribution in [1.82, 2.24) is 9.38 Å². The van der Waals surface area contributed by atoms with E-state index in [1.165, 1.54) is 30.2 Å². The Labute approximate surface area is 105 Å². The van der Waals surface area contributed by atoms with Crippen LogP contribution in [0.2, 0.25) is 0 Å². The molecule has 0 N–H and O–H groups in total. The van der Waals surface area contributed by atoms with E-state index in [2.05, 4.69) is 15.6 Å². The summed E-state index contributed by atoms with van der Waals surface area (Å²) in [6.45, 7) is 0. The summed E-state index contributed by atoms with van der Waals surface area (Å²) in [6, 6.07) is 4.00. The van der Waals surface area contributed by atoms with Crippen LogP contribution < -0.4 is 4.74 Å². The van der Waals surface area contributed by atoms with Gasteiger partial charge in [0.25, 0.3) is 0 Å². The first-order valence-corrected chi connectivity index (χ1v) is 7.13. The van der Waals surface area contributed by atoms with Crippen molar-refractivity contribution in [2.75, 3.05) is 18.6 Å². The number of hydrogen-bond donors (Lipinski definition) is 0. The molecule has 2 aromatic heterocycles. The summed E-state index contributed by atoms with van der Waals surface area (Å²) in [5, 5.41) is 0. The first-order valence-electron chi connectivity index (χ1n) is 5.98. The first-order chi connectivity index (χ1) is 8.40. The van der Waals surface area contributed by atoms with Gasteiger partial charge in [0, 0.05) is 17.9 Å². The molecular weight excluding hydrogens is 232 g/mol. The highest BCUT2D eigenvalue weighted by atomic mass is 32.2.